The second kappa shape index (κ2) is 2.58. The largest absolute Gasteiger partial charge is 0.369 e. The van der Waals surface area contributed by atoms with Crippen molar-refractivity contribution in [3.8, 4) is 0 Å². The Morgan fingerprint density at radius 2 is 2.10 bits per heavy atom. The van der Waals surface area contributed by atoms with E-state index in [-0.39, 0.29) is 11.8 Å². The molecule has 0 saturated carbocycles. The maximum atomic E-state index is 10.5. The van der Waals surface area contributed by atoms with Crippen molar-refractivity contribution in [2.45, 2.75) is 19.9 Å². The number of carbonyl (C=O) groups excluding carboxylic acids is 1. The number of nitrogens with two attached hydrogens (primary N) is 1. The molecule has 0 aliphatic carbocycles. The van der Waals surface area contributed by atoms with Crippen LogP contribution in [-0.2, 0) is 4.79 Å². The van der Waals surface area contributed by atoms with Gasteiger partial charge in [-0.05, 0) is 13.8 Å². The van der Waals surface area contributed by atoms with Gasteiger partial charge in [0, 0.05) is 19.1 Å². The summed E-state index contributed by atoms with van der Waals surface area (Å²) in [5, 5.41) is 0. The lowest BCUT2D eigenvalue weighted by molar-refractivity contribution is -0.127. The Morgan fingerprint density at radius 1 is 1.60 bits per heavy atom. The first-order valence-corrected chi connectivity index (χ1v) is 3.64. The van der Waals surface area contributed by atoms with E-state index in [4.69, 9.17) is 5.73 Å². The molecule has 0 aromatic rings. The van der Waals surface area contributed by atoms with E-state index in [2.05, 4.69) is 18.7 Å². The van der Waals surface area contributed by atoms with Crippen LogP contribution in [0.5, 0.6) is 0 Å². The average molecular weight is 142 g/mol. The number of hydrogen-bond donors (Lipinski definition) is 1. The second-order valence-electron chi connectivity index (χ2n) is 3.15. The van der Waals surface area contributed by atoms with Crippen molar-refractivity contribution in [3.63, 3.8) is 0 Å². The number of hydrogen-bond acceptors (Lipinski definition) is 2. The minimum absolute atomic E-state index is 0.113. The quantitative estimate of drug-likeness (QED) is 0.581. The minimum atomic E-state index is -0.156. The third-order valence-electron chi connectivity index (χ3n) is 2.04. The molecule has 0 aromatic carbocycles. The summed E-state index contributed by atoms with van der Waals surface area (Å²) in [6.07, 6.45) is 0. The van der Waals surface area contributed by atoms with Gasteiger partial charge >= 0.3 is 0 Å². The predicted octanol–water partition coefficient (Wildman–Crippen LogP) is -0.188. The fourth-order valence-corrected chi connectivity index (χ4v) is 1.11. The average Bonchev–Trinajstić information content (AvgIpc) is 1.56. The van der Waals surface area contributed by atoms with Crippen LogP contribution in [0.25, 0.3) is 0 Å². The van der Waals surface area contributed by atoms with Gasteiger partial charge in [-0.2, -0.15) is 0 Å². The Labute approximate surface area is 61.2 Å². The zero-order valence-corrected chi connectivity index (χ0v) is 6.50. The molecule has 0 spiro atoms. The minimum Gasteiger partial charge on any atom is -0.369 e. The molecule has 58 valence electrons. The molecule has 2 N–H and O–H groups in total. The highest BCUT2D eigenvalue weighted by atomic mass is 16.1. The van der Waals surface area contributed by atoms with Crippen LogP contribution in [-0.4, -0.2) is 29.9 Å². The Balaban J connectivity index is 2.24. The third-order valence-corrected chi connectivity index (χ3v) is 2.04. The normalized spacial score (nSPS) is 21.1. The van der Waals surface area contributed by atoms with Gasteiger partial charge in [0.2, 0.25) is 5.91 Å². The summed E-state index contributed by atoms with van der Waals surface area (Å²) >= 11 is 0. The van der Waals surface area contributed by atoms with Gasteiger partial charge in [0.15, 0.2) is 0 Å². The topological polar surface area (TPSA) is 46.3 Å². The molecule has 0 radical (unpaired) electrons. The van der Waals surface area contributed by atoms with Gasteiger partial charge in [-0.3, -0.25) is 9.69 Å². The van der Waals surface area contributed by atoms with Gasteiger partial charge in [-0.15, -0.1) is 0 Å². The van der Waals surface area contributed by atoms with Crippen LogP contribution in [0.15, 0.2) is 0 Å². The lowest BCUT2D eigenvalue weighted by Gasteiger charge is -2.40. The molecule has 1 amide bonds. The van der Waals surface area contributed by atoms with Crippen LogP contribution in [0.2, 0.25) is 0 Å². The van der Waals surface area contributed by atoms with Gasteiger partial charge < -0.3 is 5.73 Å². The van der Waals surface area contributed by atoms with Gasteiger partial charge in [-0.1, -0.05) is 0 Å². The molecule has 3 heteroatoms. The molecule has 1 fully saturated rings. The molecule has 0 atom stereocenters. The van der Waals surface area contributed by atoms with E-state index in [0.29, 0.717) is 6.04 Å². The van der Waals surface area contributed by atoms with Crippen LogP contribution >= 0.6 is 0 Å². The monoisotopic (exact) mass is 142 g/mol. The van der Waals surface area contributed by atoms with E-state index in [0.717, 1.165) is 13.1 Å². The van der Waals surface area contributed by atoms with Crippen molar-refractivity contribution >= 4 is 5.91 Å². The first kappa shape index (κ1) is 7.54. The third kappa shape index (κ3) is 1.29. The number of amides is 1. The lowest BCUT2D eigenvalue weighted by Crippen LogP contribution is -2.54. The standard InChI is InChI=1S/C7H14N2O/c1-5(2)9-3-6(4-9)7(8)10/h5-6H,3-4H2,1-2H3,(H2,8,10). The second-order valence-corrected chi connectivity index (χ2v) is 3.15. The maximum Gasteiger partial charge on any atom is 0.223 e. The number of carbonyl (C=O) groups is 1. The molecule has 1 aliphatic rings. The summed E-state index contributed by atoms with van der Waals surface area (Å²) in [5.41, 5.74) is 5.09. The zero-order chi connectivity index (χ0) is 7.72. The summed E-state index contributed by atoms with van der Waals surface area (Å²) in [6.45, 7) is 5.95. The Morgan fingerprint density at radius 3 is 2.40 bits per heavy atom. The van der Waals surface area contributed by atoms with Crippen molar-refractivity contribution in [2.75, 3.05) is 13.1 Å². The molecule has 0 bridgehead atoms. The van der Waals surface area contributed by atoms with Crippen molar-refractivity contribution in [1.29, 1.82) is 0 Å². The molecule has 1 rings (SSSR count). The van der Waals surface area contributed by atoms with Gasteiger partial charge in [0.25, 0.3) is 0 Å². The first-order valence-electron chi connectivity index (χ1n) is 3.64. The zero-order valence-electron chi connectivity index (χ0n) is 6.50. The fraction of sp³-hybridized carbons (Fsp3) is 0.857. The Hall–Kier alpha value is -0.570. The number of primary amides is 1. The van der Waals surface area contributed by atoms with Crippen LogP contribution in [0.3, 0.4) is 0 Å². The molecule has 3 nitrogen and oxygen atoms in total. The highest BCUT2D eigenvalue weighted by molar-refractivity contribution is 5.78. The molecular weight excluding hydrogens is 128 g/mol. The number of rotatable bonds is 2. The summed E-state index contributed by atoms with van der Waals surface area (Å²) < 4.78 is 0. The molecule has 0 aromatic heterocycles. The summed E-state index contributed by atoms with van der Waals surface area (Å²) in [6, 6.07) is 0.551. The van der Waals surface area contributed by atoms with Crippen LogP contribution in [0.4, 0.5) is 0 Å². The fourth-order valence-electron chi connectivity index (χ4n) is 1.11. The summed E-state index contributed by atoms with van der Waals surface area (Å²) in [5.74, 6) is -0.0423. The highest BCUT2D eigenvalue weighted by Crippen LogP contribution is 2.17. The van der Waals surface area contributed by atoms with Crippen LogP contribution in [0.1, 0.15) is 13.8 Å². The predicted molar refractivity (Wildman–Crippen MR) is 39.4 cm³/mol. The highest BCUT2D eigenvalue weighted by Gasteiger charge is 2.31. The molecule has 1 saturated heterocycles. The van der Waals surface area contributed by atoms with E-state index >= 15 is 0 Å². The van der Waals surface area contributed by atoms with Crippen LogP contribution in [0, 0.1) is 5.92 Å². The molecule has 1 heterocycles. The van der Waals surface area contributed by atoms with Crippen LogP contribution < -0.4 is 5.73 Å². The van der Waals surface area contributed by atoms with E-state index in [9.17, 15) is 4.79 Å². The summed E-state index contributed by atoms with van der Waals surface area (Å²) in [7, 11) is 0. The van der Waals surface area contributed by atoms with Crippen molar-refractivity contribution in [3.05, 3.63) is 0 Å². The molecule has 10 heavy (non-hydrogen) atoms. The number of likely N-dealkylation sites (tertiary alicyclic amines) is 1. The lowest BCUT2D eigenvalue weighted by atomic mass is 9.98. The smallest absolute Gasteiger partial charge is 0.223 e. The van der Waals surface area contributed by atoms with Crippen molar-refractivity contribution < 1.29 is 4.79 Å². The van der Waals surface area contributed by atoms with Crippen molar-refractivity contribution in [2.24, 2.45) is 11.7 Å². The Kier molecular flexibility index (Phi) is 1.94. The summed E-state index contributed by atoms with van der Waals surface area (Å²) in [4.78, 5) is 12.8. The number of nitrogens with zero attached hydrogens (tertiary/aromatic N) is 1. The molecule has 1 aliphatic heterocycles. The first-order chi connectivity index (χ1) is 4.61. The molecule has 0 unspecified atom stereocenters. The van der Waals surface area contributed by atoms with Gasteiger partial charge in [0.05, 0.1) is 5.92 Å². The van der Waals surface area contributed by atoms with Crippen molar-refractivity contribution in [1.82, 2.24) is 4.90 Å². The maximum absolute atomic E-state index is 10.5. The van der Waals surface area contributed by atoms with E-state index in [1.54, 1.807) is 0 Å². The van der Waals surface area contributed by atoms with E-state index in [1.165, 1.54) is 0 Å². The van der Waals surface area contributed by atoms with E-state index < -0.39 is 0 Å². The van der Waals surface area contributed by atoms with E-state index in [1.807, 2.05) is 0 Å². The van der Waals surface area contributed by atoms with Gasteiger partial charge in [-0.25, -0.2) is 0 Å². The SMILES string of the molecule is CC(C)N1CC(C(N)=O)C1. The Bertz CT molecular complexity index is 139. The van der Waals surface area contributed by atoms with Gasteiger partial charge in [0.1, 0.15) is 0 Å². The molecular formula is C7H14N2O.